The molecule has 2 aromatic carbocycles. The molecule has 0 N–H and O–H groups in total. The van der Waals surface area contributed by atoms with E-state index in [-0.39, 0.29) is 5.56 Å². The zero-order chi connectivity index (χ0) is 16.8. The summed E-state index contributed by atoms with van der Waals surface area (Å²) < 4.78 is 10.4. The molecule has 0 atom stereocenters. The number of esters is 2. The Kier molecular flexibility index (Phi) is 5.77. The summed E-state index contributed by atoms with van der Waals surface area (Å²) in [4.78, 5) is 24.0. The smallest absolute Gasteiger partial charge is 0.343 e. The molecule has 0 saturated carbocycles. The number of carbonyl (C=O) groups excluding carboxylic acids is 2. The first-order valence-corrected chi connectivity index (χ1v) is 7.64. The van der Waals surface area contributed by atoms with Crippen LogP contribution >= 0.6 is 11.6 Å². The SMILES string of the molecule is CCCOC(=O)c1cccc(C(=O)Oc2ccc(Cl)c(C)c2)c1. The molecule has 2 aromatic rings. The Hall–Kier alpha value is -2.33. The highest BCUT2D eigenvalue weighted by Gasteiger charge is 2.13. The minimum Gasteiger partial charge on any atom is -0.462 e. The molecule has 0 unspecified atom stereocenters. The van der Waals surface area contributed by atoms with Gasteiger partial charge in [0.2, 0.25) is 0 Å². The van der Waals surface area contributed by atoms with E-state index in [2.05, 4.69) is 0 Å². The van der Waals surface area contributed by atoms with Gasteiger partial charge in [0.05, 0.1) is 17.7 Å². The van der Waals surface area contributed by atoms with E-state index in [0.29, 0.717) is 22.9 Å². The Balaban J connectivity index is 2.13. The Morgan fingerprint density at radius 2 is 1.74 bits per heavy atom. The molecule has 0 heterocycles. The van der Waals surface area contributed by atoms with Crippen molar-refractivity contribution in [3.63, 3.8) is 0 Å². The molecule has 0 radical (unpaired) electrons. The highest BCUT2D eigenvalue weighted by atomic mass is 35.5. The molecule has 0 aliphatic carbocycles. The molecule has 4 nitrogen and oxygen atoms in total. The second-order valence-corrected chi connectivity index (χ2v) is 5.42. The Bertz CT molecular complexity index is 725. The van der Waals surface area contributed by atoms with Crippen molar-refractivity contribution in [2.24, 2.45) is 0 Å². The second-order valence-electron chi connectivity index (χ2n) is 5.02. The van der Waals surface area contributed by atoms with Gasteiger partial charge in [-0.1, -0.05) is 24.6 Å². The minimum absolute atomic E-state index is 0.281. The van der Waals surface area contributed by atoms with Crippen molar-refractivity contribution < 1.29 is 19.1 Å². The normalized spacial score (nSPS) is 10.2. The van der Waals surface area contributed by atoms with Crippen LogP contribution < -0.4 is 4.74 Å². The first-order valence-electron chi connectivity index (χ1n) is 7.26. The molecule has 120 valence electrons. The molecule has 0 aromatic heterocycles. The number of carbonyl (C=O) groups is 2. The summed E-state index contributed by atoms with van der Waals surface area (Å²) in [5.41, 5.74) is 1.41. The lowest BCUT2D eigenvalue weighted by Crippen LogP contribution is -2.11. The summed E-state index contributed by atoms with van der Waals surface area (Å²) in [5.74, 6) is -0.600. The number of ether oxygens (including phenoxy) is 2. The third-order valence-electron chi connectivity index (χ3n) is 3.11. The molecule has 0 spiro atoms. The standard InChI is InChI=1S/C18H17ClO4/c1-3-9-22-17(20)13-5-4-6-14(11-13)18(21)23-15-7-8-16(19)12(2)10-15/h4-8,10-11H,3,9H2,1-2H3. The van der Waals surface area contributed by atoms with E-state index in [1.807, 2.05) is 13.8 Å². The van der Waals surface area contributed by atoms with Crippen LogP contribution in [0.3, 0.4) is 0 Å². The molecule has 0 bridgehead atoms. The van der Waals surface area contributed by atoms with Crippen LogP contribution in [0.4, 0.5) is 0 Å². The van der Waals surface area contributed by atoms with Crippen molar-refractivity contribution in [3.05, 3.63) is 64.2 Å². The summed E-state index contributed by atoms with van der Waals surface area (Å²) >= 11 is 5.94. The third kappa shape index (κ3) is 4.57. The fourth-order valence-corrected chi connectivity index (χ4v) is 2.02. The average Bonchev–Trinajstić information content (AvgIpc) is 2.56. The number of benzene rings is 2. The fraction of sp³-hybridized carbons (Fsp3) is 0.222. The molecule has 23 heavy (non-hydrogen) atoms. The van der Waals surface area contributed by atoms with E-state index in [0.717, 1.165) is 12.0 Å². The van der Waals surface area contributed by atoms with Crippen molar-refractivity contribution in [1.29, 1.82) is 0 Å². The van der Waals surface area contributed by atoms with Crippen LogP contribution in [-0.4, -0.2) is 18.5 Å². The van der Waals surface area contributed by atoms with Gasteiger partial charge in [-0.2, -0.15) is 0 Å². The molecule has 0 aliphatic heterocycles. The van der Waals surface area contributed by atoms with Crippen LogP contribution in [0.5, 0.6) is 5.75 Å². The highest BCUT2D eigenvalue weighted by molar-refractivity contribution is 6.31. The van der Waals surface area contributed by atoms with Crippen LogP contribution in [0.25, 0.3) is 0 Å². The summed E-state index contributed by atoms with van der Waals surface area (Å²) in [6, 6.07) is 11.2. The third-order valence-corrected chi connectivity index (χ3v) is 3.54. The molecule has 0 aliphatic rings. The van der Waals surface area contributed by atoms with Crippen LogP contribution in [0, 0.1) is 6.92 Å². The molecular weight excluding hydrogens is 316 g/mol. The Morgan fingerprint density at radius 1 is 1.04 bits per heavy atom. The maximum absolute atomic E-state index is 12.2. The topological polar surface area (TPSA) is 52.6 Å². The molecule has 0 saturated heterocycles. The van der Waals surface area contributed by atoms with Crippen LogP contribution in [0.2, 0.25) is 5.02 Å². The van der Waals surface area contributed by atoms with E-state index in [1.165, 1.54) is 6.07 Å². The number of halogens is 1. The molecule has 0 fully saturated rings. The van der Waals surface area contributed by atoms with E-state index in [9.17, 15) is 9.59 Å². The van der Waals surface area contributed by atoms with Gasteiger partial charge in [-0.25, -0.2) is 9.59 Å². The first-order chi connectivity index (χ1) is 11.0. The van der Waals surface area contributed by atoms with Crippen LogP contribution in [-0.2, 0) is 4.74 Å². The minimum atomic E-state index is -0.545. The number of hydrogen-bond acceptors (Lipinski definition) is 4. The number of aryl methyl sites for hydroxylation is 1. The highest BCUT2D eigenvalue weighted by Crippen LogP contribution is 2.22. The van der Waals surface area contributed by atoms with Crippen molar-refractivity contribution in [3.8, 4) is 5.75 Å². The van der Waals surface area contributed by atoms with Gasteiger partial charge in [-0.15, -0.1) is 0 Å². The largest absolute Gasteiger partial charge is 0.462 e. The number of rotatable bonds is 5. The van der Waals surface area contributed by atoms with Crippen molar-refractivity contribution >= 4 is 23.5 Å². The molecule has 2 rings (SSSR count). The lowest BCUT2D eigenvalue weighted by atomic mass is 10.1. The van der Waals surface area contributed by atoms with E-state index < -0.39 is 11.9 Å². The van der Waals surface area contributed by atoms with Crippen molar-refractivity contribution in [2.75, 3.05) is 6.61 Å². The number of hydrogen-bond donors (Lipinski definition) is 0. The van der Waals surface area contributed by atoms with Crippen molar-refractivity contribution in [2.45, 2.75) is 20.3 Å². The lowest BCUT2D eigenvalue weighted by molar-refractivity contribution is 0.0505. The van der Waals surface area contributed by atoms with Gasteiger partial charge in [-0.05, 0) is 55.3 Å². The zero-order valence-corrected chi connectivity index (χ0v) is 13.7. The average molecular weight is 333 g/mol. The summed E-state index contributed by atoms with van der Waals surface area (Å²) in [6.07, 6.45) is 0.739. The quantitative estimate of drug-likeness (QED) is 0.600. The summed E-state index contributed by atoms with van der Waals surface area (Å²) in [6.45, 7) is 4.08. The lowest BCUT2D eigenvalue weighted by Gasteiger charge is -2.07. The van der Waals surface area contributed by atoms with E-state index in [1.54, 1.807) is 36.4 Å². The van der Waals surface area contributed by atoms with E-state index >= 15 is 0 Å². The monoisotopic (exact) mass is 332 g/mol. The second kappa shape index (κ2) is 7.79. The molecule has 5 heteroatoms. The van der Waals surface area contributed by atoms with Gasteiger partial charge in [0, 0.05) is 5.02 Å². The van der Waals surface area contributed by atoms with Crippen LogP contribution in [0.15, 0.2) is 42.5 Å². The fourth-order valence-electron chi connectivity index (χ4n) is 1.90. The van der Waals surface area contributed by atoms with Gasteiger partial charge in [0.25, 0.3) is 0 Å². The molecular formula is C18H17ClO4. The zero-order valence-electron chi connectivity index (χ0n) is 13.0. The van der Waals surface area contributed by atoms with Gasteiger partial charge in [0.1, 0.15) is 5.75 Å². The van der Waals surface area contributed by atoms with Gasteiger partial charge < -0.3 is 9.47 Å². The Morgan fingerprint density at radius 3 is 2.39 bits per heavy atom. The first kappa shape index (κ1) is 17.0. The van der Waals surface area contributed by atoms with Gasteiger partial charge in [-0.3, -0.25) is 0 Å². The predicted octanol–water partition coefficient (Wildman–Crippen LogP) is 4.43. The summed E-state index contributed by atoms with van der Waals surface area (Å²) in [5, 5.41) is 0.602. The van der Waals surface area contributed by atoms with E-state index in [4.69, 9.17) is 21.1 Å². The Labute approximate surface area is 140 Å². The summed E-state index contributed by atoms with van der Waals surface area (Å²) in [7, 11) is 0. The van der Waals surface area contributed by atoms with Crippen molar-refractivity contribution in [1.82, 2.24) is 0 Å². The van der Waals surface area contributed by atoms with Gasteiger partial charge >= 0.3 is 11.9 Å². The van der Waals surface area contributed by atoms with Crippen LogP contribution in [0.1, 0.15) is 39.6 Å². The van der Waals surface area contributed by atoms with Gasteiger partial charge in [0.15, 0.2) is 0 Å². The predicted molar refractivity (Wildman–Crippen MR) is 88.2 cm³/mol. The molecule has 0 amide bonds. The maximum atomic E-state index is 12.2. The maximum Gasteiger partial charge on any atom is 0.343 e.